The summed E-state index contributed by atoms with van der Waals surface area (Å²) >= 11 is 11.0. The minimum absolute atomic E-state index is 0.0507. The van der Waals surface area contributed by atoms with Crippen molar-refractivity contribution in [3.05, 3.63) is 57.5 Å². The van der Waals surface area contributed by atoms with Crippen LogP contribution in [0, 0.1) is 0 Å². The van der Waals surface area contributed by atoms with Gasteiger partial charge in [0.05, 0.1) is 11.4 Å². The number of halogens is 2. The van der Waals surface area contributed by atoms with E-state index in [0.717, 1.165) is 19.8 Å². The minimum atomic E-state index is -0.819. The Labute approximate surface area is 128 Å². The summed E-state index contributed by atoms with van der Waals surface area (Å²) < 4.78 is 0.871. The first-order valence-corrected chi connectivity index (χ1v) is 7.47. The Balaban J connectivity index is 2.10. The van der Waals surface area contributed by atoms with Crippen LogP contribution in [-0.2, 0) is 11.2 Å². The van der Waals surface area contributed by atoms with E-state index in [9.17, 15) is 4.79 Å². The molecule has 0 bridgehead atoms. The fourth-order valence-electron chi connectivity index (χ4n) is 1.53. The van der Waals surface area contributed by atoms with Gasteiger partial charge < -0.3 is 5.11 Å². The van der Waals surface area contributed by atoms with Gasteiger partial charge in [-0.05, 0) is 51.8 Å². The maximum Gasteiger partial charge on any atom is 0.307 e. The van der Waals surface area contributed by atoms with Gasteiger partial charge in [0.25, 0.3) is 0 Å². The van der Waals surface area contributed by atoms with Gasteiger partial charge in [-0.1, -0.05) is 35.5 Å². The van der Waals surface area contributed by atoms with Gasteiger partial charge in [-0.25, -0.2) is 0 Å². The molecule has 0 heterocycles. The largest absolute Gasteiger partial charge is 0.481 e. The van der Waals surface area contributed by atoms with E-state index in [1.54, 1.807) is 11.8 Å². The van der Waals surface area contributed by atoms with Crippen LogP contribution < -0.4 is 0 Å². The van der Waals surface area contributed by atoms with Gasteiger partial charge in [-0.2, -0.15) is 0 Å². The number of benzene rings is 2. The molecule has 0 saturated heterocycles. The van der Waals surface area contributed by atoms with Crippen LogP contribution in [0.2, 0.25) is 5.02 Å². The second kappa shape index (κ2) is 6.46. The standard InChI is InChI=1S/C14H10BrClO2S/c15-12-6-5-11(8-13(12)16)19-10-3-1-9(2-4-10)7-14(17)18/h1-6,8H,7H2,(H,17,18). The lowest BCUT2D eigenvalue weighted by molar-refractivity contribution is -0.136. The Hall–Kier alpha value is -0.970. The van der Waals surface area contributed by atoms with Gasteiger partial charge in [-0.3, -0.25) is 4.79 Å². The van der Waals surface area contributed by atoms with Crippen molar-refractivity contribution in [3.63, 3.8) is 0 Å². The molecule has 0 unspecified atom stereocenters. The fraction of sp³-hybridized carbons (Fsp3) is 0.0714. The molecular weight excluding hydrogens is 348 g/mol. The van der Waals surface area contributed by atoms with Gasteiger partial charge in [0.2, 0.25) is 0 Å². The highest BCUT2D eigenvalue weighted by molar-refractivity contribution is 9.10. The molecule has 1 N–H and O–H groups in total. The van der Waals surface area contributed by atoms with Crippen molar-refractivity contribution in [1.82, 2.24) is 0 Å². The Morgan fingerprint density at radius 2 is 1.79 bits per heavy atom. The third-order valence-electron chi connectivity index (χ3n) is 2.41. The van der Waals surface area contributed by atoms with Crippen LogP contribution in [0.5, 0.6) is 0 Å². The molecule has 98 valence electrons. The van der Waals surface area contributed by atoms with E-state index in [1.807, 2.05) is 42.5 Å². The van der Waals surface area contributed by atoms with Crippen LogP contribution in [-0.4, -0.2) is 11.1 Å². The molecule has 0 aromatic heterocycles. The molecule has 0 amide bonds. The van der Waals surface area contributed by atoms with Crippen LogP contribution >= 0.6 is 39.3 Å². The van der Waals surface area contributed by atoms with Crippen molar-refractivity contribution in [2.24, 2.45) is 0 Å². The zero-order valence-corrected chi connectivity index (χ0v) is 12.9. The Bertz CT molecular complexity index is 599. The van der Waals surface area contributed by atoms with Crippen LogP contribution in [0.1, 0.15) is 5.56 Å². The Kier molecular flexibility index (Phi) is 4.91. The maximum absolute atomic E-state index is 10.6. The predicted octanol–water partition coefficient (Wildman–Crippen LogP) is 4.88. The highest BCUT2D eigenvalue weighted by atomic mass is 79.9. The van der Waals surface area contributed by atoms with Crippen molar-refractivity contribution in [1.29, 1.82) is 0 Å². The second-order valence-electron chi connectivity index (χ2n) is 3.89. The predicted molar refractivity (Wildman–Crippen MR) is 81.1 cm³/mol. The van der Waals surface area contributed by atoms with E-state index >= 15 is 0 Å². The van der Waals surface area contributed by atoms with Crippen LogP contribution in [0.25, 0.3) is 0 Å². The molecular formula is C14H10BrClO2S. The third-order valence-corrected chi connectivity index (χ3v) is 4.64. The highest BCUT2D eigenvalue weighted by Gasteiger charge is 2.03. The van der Waals surface area contributed by atoms with E-state index in [-0.39, 0.29) is 6.42 Å². The first-order valence-electron chi connectivity index (χ1n) is 5.48. The fourth-order valence-corrected chi connectivity index (χ4v) is 2.88. The monoisotopic (exact) mass is 356 g/mol. The number of carbonyl (C=O) groups is 1. The first-order chi connectivity index (χ1) is 9.04. The zero-order valence-electron chi connectivity index (χ0n) is 9.77. The zero-order chi connectivity index (χ0) is 13.8. The topological polar surface area (TPSA) is 37.3 Å². The number of carboxylic acids is 1. The van der Waals surface area contributed by atoms with Crippen molar-refractivity contribution in [2.75, 3.05) is 0 Å². The number of aliphatic carboxylic acids is 1. The molecule has 5 heteroatoms. The van der Waals surface area contributed by atoms with E-state index in [2.05, 4.69) is 15.9 Å². The van der Waals surface area contributed by atoms with Crippen LogP contribution in [0.3, 0.4) is 0 Å². The van der Waals surface area contributed by atoms with Gasteiger partial charge in [0.1, 0.15) is 0 Å². The molecule has 0 atom stereocenters. The molecule has 0 aliphatic rings. The van der Waals surface area contributed by atoms with Gasteiger partial charge >= 0.3 is 5.97 Å². The molecule has 0 radical (unpaired) electrons. The lowest BCUT2D eigenvalue weighted by Crippen LogP contribution is -1.99. The quantitative estimate of drug-likeness (QED) is 0.847. The molecule has 0 spiro atoms. The normalized spacial score (nSPS) is 10.4. The third kappa shape index (κ3) is 4.27. The van der Waals surface area contributed by atoms with E-state index in [1.165, 1.54) is 0 Å². The van der Waals surface area contributed by atoms with Gasteiger partial charge in [0.15, 0.2) is 0 Å². The molecule has 2 aromatic rings. The van der Waals surface area contributed by atoms with Crippen LogP contribution in [0.4, 0.5) is 0 Å². The summed E-state index contributed by atoms with van der Waals surface area (Å²) in [6.45, 7) is 0. The summed E-state index contributed by atoms with van der Waals surface area (Å²) in [7, 11) is 0. The molecule has 0 saturated carbocycles. The van der Waals surface area contributed by atoms with Crippen molar-refractivity contribution >= 4 is 45.3 Å². The van der Waals surface area contributed by atoms with E-state index in [0.29, 0.717) is 5.02 Å². The van der Waals surface area contributed by atoms with Crippen molar-refractivity contribution in [3.8, 4) is 0 Å². The van der Waals surface area contributed by atoms with E-state index in [4.69, 9.17) is 16.7 Å². The average Bonchev–Trinajstić information content (AvgIpc) is 2.36. The van der Waals surface area contributed by atoms with Gasteiger partial charge in [0, 0.05) is 14.3 Å². The summed E-state index contributed by atoms with van der Waals surface area (Å²) in [6.07, 6.45) is 0.0507. The molecule has 19 heavy (non-hydrogen) atoms. The van der Waals surface area contributed by atoms with Crippen molar-refractivity contribution < 1.29 is 9.90 Å². The summed E-state index contributed by atoms with van der Waals surface area (Å²) in [5.74, 6) is -0.819. The number of hydrogen-bond donors (Lipinski definition) is 1. The SMILES string of the molecule is O=C(O)Cc1ccc(Sc2ccc(Br)c(Cl)c2)cc1. The number of rotatable bonds is 4. The second-order valence-corrected chi connectivity index (χ2v) is 6.30. The summed E-state index contributed by atoms with van der Waals surface area (Å²) in [5, 5.41) is 9.38. The van der Waals surface area contributed by atoms with Crippen molar-refractivity contribution in [2.45, 2.75) is 16.2 Å². The molecule has 2 rings (SSSR count). The molecule has 0 aliphatic carbocycles. The minimum Gasteiger partial charge on any atom is -0.481 e. The summed E-state index contributed by atoms with van der Waals surface area (Å²) in [4.78, 5) is 12.7. The molecule has 0 fully saturated rings. The van der Waals surface area contributed by atoms with E-state index < -0.39 is 5.97 Å². The smallest absolute Gasteiger partial charge is 0.307 e. The molecule has 2 nitrogen and oxygen atoms in total. The lowest BCUT2D eigenvalue weighted by Gasteiger charge is -2.04. The van der Waals surface area contributed by atoms with Crippen LogP contribution in [0.15, 0.2) is 56.7 Å². The Morgan fingerprint density at radius 3 is 2.37 bits per heavy atom. The Morgan fingerprint density at radius 1 is 1.16 bits per heavy atom. The summed E-state index contributed by atoms with van der Waals surface area (Å²) in [5.41, 5.74) is 0.797. The lowest BCUT2D eigenvalue weighted by atomic mass is 10.2. The van der Waals surface area contributed by atoms with Gasteiger partial charge in [-0.15, -0.1) is 0 Å². The number of carboxylic acid groups (broad SMARTS) is 1. The molecule has 2 aromatic carbocycles. The molecule has 0 aliphatic heterocycles. The average molecular weight is 358 g/mol. The summed E-state index contributed by atoms with van der Waals surface area (Å²) in [6, 6.07) is 13.3. The number of hydrogen-bond acceptors (Lipinski definition) is 2. The maximum atomic E-state index is 10.6. The highest BCUT2D eigenvalue weighted by Crippen LogP contribution is 2.32. The first kappa shape index (κ1) is 14.4.